The SMILES string of the molecule is CC[C@H](C)NC(=O)CSc1nnc(-c2ccoc2C)n1C[C@@H]1CCCO1. The van der Waals surface area contributed by atoms with Gasteiger partial charge in [-0.15, -0.1) is 10.2 Å². The van der Waals surface area contributed by atoms with Gasteiger partial charge in [0, 0.05) is 12.6 Å². The molecule has 0 aliphatic carbocycles. The van der Waals surface area contributed by atoms with E-state index in [0.717, 1.165) is 48.2 Å². The standard InChI is InChI=1S/C18H26N4O3S/c1-4-12(2)19-16(23)11-26-18-21-20-17(15-7-9-24-13(15)3)22(18)10-14-6-5-8-25-14/h7,9,12,14H,4-6,8,10-11H2,1-3H3,(H,19,23)/t12-,14-/m0/s1. The second-order valence-corrected chi connectivity index (χ2v) is 7.55. The van der Waals surface area contributed by atoms with Gasteiger partial charge in [0.2, 0.25) is 5.91 Å². The Morgan fingerprint density at radius 2 is 2.35 bits per heavy atom. The van der Waals surface area contributed by atoms with Gasteiger partial charge < -0.3 is 14.5 Å². The summed E-state index contributed by atoms with van der Waals surface area (Å²) in [7, 11) is 0. The molecular formula is C18H26N4O3S. The van der Waals surface area contributed by atoms with Crippen molar-refractivity contribution in [2.45, 2.75) is 63.9 Å². The van der Waals surface area contributed by atoms with E-state index in [0.29, 0.717) is 12.3 Å². The summed E-state index contributed by atoms with van der Waals surface area (Å²) < 4.78 is 13.3. The second-order valence-electron chi connectivity index (χ2n) is 6.61. The maximum absolute atomic E-state index is 12.1. The average molecular weight is 378 g/mol. The second kappa shape index (κ2) is 8.73. The predicted octanol–water partition coefficient (Wildman–Crippen LogP) is 3.03. The number of aromatic nitrogens is 3. The van der Waals surface area contributed by atoms with Gasteiger partial charge in [0.25, 0.3) is 0 Å². The van der Waals surface area contributed by atoms with Gasteiger partial charge in [0.1, 0.15) is 5.76 Å². The third-order valence-electron chi connectivity index (χ3n) is 4.58. The number of rotatable bonds is 8. The van der Waals surface area contributed by atoms with Crippen molar-refractivity contribution >= 4 is 17.7 Å². The van der Waals surface area contributed by atoms with Crippen molar-refractivity contribution < 1.29 is 13.9 Å². The minimum atomic E-state index is 0.0112. The summed E-state index contributed by atoms with van der Waals surface area (Å²) in [6.45, 7) is 7.44. The van der Waals surface area contributed by atoms with Crippen LogP contribution in [0.1, 0.15) is 38.9 Å². The largest absolute Gasteiger partial charge is 0.469 e. The van der Waals surface area contributed by atoms with Gasteiger partial charge in [-0.2, -0.15) is 0 Å². The summed E-state index contributed by atoms with van der Waals surface area (Å²) in [5.74, 6) is 1.89. The van der Waals surface area contributed by atoms with Crippen LogP contribution in [0, 0.1) is 6.92 Å². The fourth-order valence-electron chi connectivity index (χ4n) is 2.92. The van der Waals surface area contributed by atoms with Gasteiger partial charge in [-0.05, 0) is 39.2 Å². The Kier molecular flexibility index (Phi) is 6.37. The molecular weight excluding hydrogens is 352 g/mol. The molecule has 8 heteroatoms. The van der Waals surface area contributed by atoms with Gasteiger partial charge in [-0.25, -0.2) is 0 Å². The van der Waals surface area contributed by atoms with Gasteiger partial charge in [0.15, 0.2) is 11.0 Å². The van der Waals surface area contributed by atoms with Crippen LogP contribution < -0.4 is 5.32 Å². The fourth-order valence-corrected chi connectivity index (χ4v) is 3.68. The summed E-state index contributed by atoms with van der Waals surface area (Å²) in [5, 5.41) is 12.4. The molecule has 2 aromatic heterocycles. The topological polar surface area (TPSA) is 82.2 Å². The van der Waals surface area contributed by atoms with Crippen LogP contribution in [-0.4, -0.2) is 45.2 Å². The molecule has 0 saturated carbocycles. The van der Waals surface area contributed by atoms with Gasteiger partial charge in [-0.3, -0.25) is 9.36 Å². The third kappa shape index (κ3) is 4.48. The highest BCUT2D eigenvalue weighted by Gasteiger charge is 2.23. The molecule has 1 N–H and O–H groups in total. The van der Waals surface area contributed by atoms with Crippen LogP contribution in [0.3, 0.4) is 0 Å². The van der Waals surface area contributed by atoms with Crippen LogP contribution in [0.4, 0.5) is 0 Å². The van der Waals surface area contributed by atoms with Gasteiger partial charge >= 0.3 is 0 Å². The summed E-state index contributed by atoms with van der Waals surface area (Å²) in [5.41, 5.74) is 0.923. The molecule has 1 saturated heterocycles. The van der Waals surface area contributed by atoms with E-state index >= 15 is 0 Å². The predicted molar refractivity (Wildman–Crippen MR) is 100 cm³/mol. The highest BCUT2D eigenvalue weighted by atomic mass is 32.2. The molecule has 1 amide bonds. The fraction of sp³-hybridized carbons (Fsp3) is 0.611. The number of thioether (sulfide) groups is 1. The van der Waals surface area contributed by atoms with E-state index in [9.17, 15) is 4.79 Å². The lowest BCUT2D eigenvalue weighted by Crippen LogP contribution is -2.33. The number of hydrogen-bond donors (Lipinski definition) is 1. The van der Waals surface area contributed by atoms with E-state index in [1.807, 2.05) is 19.9 Å². The Balaban J connectivity index is 1.77. The van der Waals surface area contributed by atoms with E-state index < -0.39 is 0 Å². The van der Waals surface area contributed by atoms with E-state index in [1.165, 1.54) is 11.8 Å². The Bertz CT molecular complexity index is 737. The number of hydrogen-bond acceptors (Lipinski definition) is 6. The van der Waals surface area contributed by atoms with Crippen LogP contribution in [0.2, 0.25) is 0 Å². The number of aryl methyl sites for hydroxylation is 1. The first-order valence-electron chi connectivity index (χ1n) is 9.10. The Labute approximate surface area is 157 Å². The zero-order valence-electron chi connectivity index (χ0n) is 15.5. The molecule has 0 bridgehead atoms. The molecule has 1 aliphatic heterocycles. The van der Waals surface area contributed by atoms with Crippen LogP contribution in [0.25, 0.3) is 11.4 Å². The summed E-state index contributed by atoms with van der Waals surface area (Å²) in [6, 6.07) is 2.08. The lowest BCUT2D eigenvalue weighted by Gasteiger charge is -2.15. The minimum absolute atomic E-state index is 0.0112. The van der Waals surface area contributed by atoms with Crippen LogP contribution in [0.5, 0.6) is 0 Å². The zero-order valence-corrected chi connectivity index (χ0v) is 16.3. The molecule has 3 rings (SSSR count). The number of nitrogens with zero attached hydrogens (tertiary/aromatic N) is 3. The molecule has 7 nitrogen and oxygen atoms in total. The molecule has 0 aromatic carbocycles. The molecule has 0 radical (unpaired) electrons. The summed E-state index contributed by atoms with van der Waals surface area (Å²) >= 11 is 1.41. The van der Waals surface area contributed by atoms with Crippen LogP contribution >= 0.6 is 11.8 Å². The molecule has 1 aliphatic rings. The van der Waals surface area contributed by atoms with Gasteiger partial charge in [-0.1, -0.05) is 18.7 Å². The first-order valence-corrected chi connectivity index (χ1v) is 10.1. The van der Waals surface area contributed by atoms with Crippen molar-refractivity contribution in [1.29, 1.82) is 0 Å². The summed E-state index contributed by atoms with van der Waals surface area (Å²) in [4.78, 5) is 12.1. The summed E-state index contributed by atoms with van der Waals surface area (Å²) in [6.07, 6.45) is 4.83. The number of carbonyl (C=O) groups excluding carboxylic acids is 1. The smallest absolute Gasteiger partial charge is 0.230 e. The van der Waals surface area contributed by atoms with Crippen molar-refractivity contribution in [3.05, 3.63) is 18.1 Å². The maximum atomic E-state index is 12.1. The number of nitrogens with one attached hydrogen (secondary N) is 1. The van der Waals surface area contributed by atoms with Crippen molar-refractivity contribution in [2.24, 2.45) is 0 Å². The maximum Gasteiger partial charge on any atom is 0.230 e. The molecule has 2 aromatic rings. The van der Waals surface area contributed by atoms with Crippen molar-refractivity contribution in [1.82, 2.24) is 20.1 Å². The quantitative estimate of drug-likeness (QED) is 0.711. The van der Waals surface area contributed by atoms with E-state index in [2.05, 4.69) is 27.0 Å². The lowest BCUT2D eigenvalue weighted by molar-refractivity contribution is -0.119. The normalized spacial score (nSPS) is 18.2. The van der Waals surface area contributed by atoms with Crippen molar-refractivity contribution in [3.63, 3.8) is 0 Å². The first-order chi connectivity index (χ1) is 12.6. The number of amides is 1. The number of ether oxygens (including phenoxy) is 1. The minimum Gasteiger partial charge on any atom is -0.469 e. The van der Waals surface area contributed by atoms with Gasteiger partial charge in [0.05, 0.1) is 30.2 Å². The molecule has 1 fully saturated rings. The number of carbonyl (C=O) groups is 1. The monoisotopic (exact) mass is 378 g/mol. The van der Waals surface area contributed by atoms with Crippen LogP contribution in [0.15, 0.2) is 21.9 Å². The Morgan fingerprint density at radius 1 is 1.50 bits per heavy atom. The number of furan rings is 1. The molecule has 3 heterocycles. The highest BCUT2D eigenvalue weighted by molar-refractivity contribution is 7.99. The van der Waals surface area contributed by atoms with E-state index in [4.69, 9.17) is 9.15 Å². The lowest BCUT2D eigenvalue weighted by atomic mass is 10.2. The third-order valence-corrected chi connectivity index (χ3v) is 5.55. The Hall–Kier alpha value is -1.80. The molecule has 2 atom stereocenters. The molecule has 0 unspecified atom stereocenters. The van der Waals surface area contributed by atoms with Crippen LogP contribution in [-0.2, 0) is 16.1 Å². The molecule has 142 valence electrons. The average Bonchev–Trinajstić information content (AvgIpc) is 3.35. The molecule has 26 heavy (non-hydrogen) atoms. The zero-order chi connectivity index (χ0) is 18.5. The Morgan fingerprint density at radius 3 is 3.00 bits per heavy atom. The molecule has 0 spiro atoms. The van der Waals surface area contributed by atoms with E-state index in [-0.39, 0.29) is 18.1 Å². The first kappa shape index (κ1) is 19.0. The van der Waals surface area contributed by atoms with E-state index in [1.54, 1.807) is 6.26 Å². The highest BCUT2D eigenvalue weighted by Crippen LogP contribution is 2.28. The van der Waals surface area contributed by atoms with Crippen molar-refractivity contribution in [3.8, 4) is 11.4 Å². The van der Waals surface area contributed by atoms with Crippen molar-refractivity contribution in [2.75, 3.05) is 12.4 Å².